The van der Waals surface area contributed by atoms with E-state index in [0.717, 1.165) is 11.3 Å². The third-order valence-electron chi connectivity index (χ3n) is 7.52. The molecule has 6 rings (SSSR count). The predicted molar refractivity (Wildman–Crippen MR) is 176 cm³/mol. The monoisotopic (exact) mass is 725 g/mol. The minimum Gasteiger partial charge on any atom is -1.00 e. The van der Waals surface area contributed by atoms with Gasteiger partial charge >= 0.3 is 16.8 Å². The molecule has 0 atom stereocenters. The Morgan fingerprint density at radius 2 is 0.571 bits per heavy atom. The van der Waals surface area contributed by atoms with Gasteiger partial charge in [-0.3, -0.25) is 0 Å². The summed E-state index contributed by atoms with van der Waals surface area (Å²) >= 11 is 0. The Kier molecular flexibility index (Phi) is 24.5. The van der Waals surface area contributed by atoms with Crippen molar-refractivity contribution in [3.8, 4) is 0 Å². The molecule has 0 aliphatic heterocycles. The quantitative estimate of drug-likeness (QED) is 0.212. The summed E-state index contributed by atoms with van der Waals surface area (Å²) in [6.07, 6.45) is 11.3. The van der Waals surface area contributed by atoms with Crippen molar-refractivity contribution >= 4 is 37.1 Å². The van der Waals surface area contributed by atoms with Gasteiger partial charge in [-0.05, 0) is 74.1 Å². The van der Waals surface area contributed by atoms with E-state index in [1.165, 1.54) is 51.4 Å². The maximum Gasteiger partial charge on any atom is 2.00 e. The molecule has 1 radical (unpaired) electrons. The standard InChI is InChI=1S/2C17H19P.2CH4.2ClH.Co.Fe/c2*1-3-9-15(10-4-1)18(17-13-7-8-14-17)16-11-5-2-6-12-16;;;;;;/h2*1-6,9-12,17H,7-8,13-14H2;2*1H4;2*1H;;/q;;;;;;+2;/p-2. The van der Waals surface area contributed by atoms with Crippen molar-refractivity contribution in [2.75, 3.05) is 0 Å². The predicted octanol–water partition coefficient (Wildman–Crippen LogP) is 3.40. The van der Waals surface area contributed by atoms with Crippen LogP contribution in [-0.4, -0.2) is 11.3 Å². The molecule has 231 valence electrons. The number of hydrogen-bond acceptors (Lipinski definition) is 0. The Balaban J connectivity index is 0. The summed E-state index contributed by atoms with van der Waals surface area (Å²) in [6, 6.07) is 44.5. The fourth-order valence-corrected chi connectivity index (χ4v) is 11.8. The van der Waals surface area contributed by atoms with E-state index < -0.39 is 0 Å². The van der Waals surface area contributed by atoms with E-state index >= 15 is 0 Å². The van der Waals surface area contributed by atoms with Gasteiger partial charge in [-0.1, -0.05) is 162 Å². The fraction of sp³-hybridized carbons (Fsp3) is 0.333. The second-order valence-corrected chi connectivity index (χ2v) is 15.0. The van der Waals surface area contributed by atoms with Gasteiger partial charge in [0.25, 0.3) is 0 Å². The van der Waals surface area contributed by atoms with Gasteiger partial charge in [0, 0.05) is 17.1 Å². The first-order chi connectivity index (χ1) is 17.9. The van der Waals surface area contributed by atoms with E-state index in [-0.39, 0.29) is 89.4 Å². The van der Waals surface area contributed by atoms with Gasteiger partial charge in [0.1, 0.15) is 0 Å². The number of hydrogen-bond donors (Lipinski definition) is 0. The van der Waals surface area contributed by atoms with Crippen molar-refractivity contribution in [1.82, 2.24) is 0 Å². The summed E-state index contributed by atoms with van der Waals surface area (Å²) in [5.74, 6) is 0. The molecule has 0 saturated heterocycles. The van der Waals surface area contributed by atoms with Crippen molar-refractivity contribution in [2.45, 2.75) is 77.5 Å². The first-order valence-corrected chi connectivity index (χ1v) is 16.5. The van der Waals surface area contributed by atoms with E-state index in [9.17, 15) is 0 Å². The normalized spacial score (nSPS) is 14.0. The van der Waals surface area contributed by atoms with Gasteiger partial charge in [-0.2, -0.15) is 0 Å². The fourth-order valence-electron chi connectivity index (χ4n) is 5.82. The van der Waals surface area contributed by atoms with Crippen LogP contribution in [-0.2, 0) is 33.8 Å². The molecular weight excluding hydrogens is 680 g/mol. The van der Waals surface area contributed by atoms with Gasteiger partial charge in [-0.25, -0.2) is 0 Å². The van der Waals surface area contributed by atoms with Crippen LogP contribution in [0.3, 0.4) is 0 Å². The maximum absolute atomic E-state index is 2.32. The number of halogens is 2. The molecule has 0 bridgehead atoms. The average molecular weight is 726 g/mol. The number of benzene rings is 4. The van der Waals surface area contributed by atoms with Crippen molar-refractivity contribution in [1.29, 1.82) is 0 Å². The van der Waals surface area contributed by atoms with E-state index in [2.05, 4.69) is 121 Å². The molecule has 0 aromatic heterocycles. The molecule has 4 aromatic carbocycles. The average Bonchev–Trinajstić information content (AvgIpc) is 3.68. The van der Waals surface area contributed by atoms with Gasteiger partial charge in [0.05, 0.1) is 0 Å². The summed E-state index contributed by atoms with van der Waals surface area (Å²) in [5, 5.41) is 6.19. The van der Waals surface area contributed by atoms with Crippen LogP contribution in [0.4, 0.5) is 0 Å². The zero-order valence-corrected chi connectivity index (χ0v) is 28.1. The summed E-state index contributed by atoms with van der Waals surface area (Å²) in [4.78, 5) is 0. The first-order valence-electron chi connectivity index (χ1n) is 13.7. The van der Waals surface area contributed by atoms with E-state index in [4.69, 9.17) is 0 Å². The molecule has 2 aliphatic carbocycles. The third-order valence-corrected chi connectivity index (χ3v) is 13.4. The van der Waals surface area contributed by atoms with Crippen LogP contribution in [0, 0.1) is 0 Å². The molecule has 2 saturated carbocycles. The first kappa shape index (κ1) is 43.5. The van der Waals surface area contributed by atoms with Crippen molar-refractivity contribution in [3.05, 3.63) is 121 Å². The van der Waals surface area contributed by atoms with Crippen LogP contribution in [0.15, 0.2) is 121 Å². The molecule has 0 heterocycles. The van der Waals surface area contributed by atoms with Crippen molar-refractivity contribution < 1.29 is 58.7 Å². The Hall–Kier alpha value is -0.654. The third kappa shape index (κ3) is 12.0. The zero-order valence-electron chi connectivity index (χ0n) is 22.7. The van der Waals surface area contributed by atoms with Crippen molar-refractivity contribution in [3.63, 3.8) is 0 Å². The summed E-state index contributed by atoms with van der Waals surface area (Å²) in [5.41, 5.74) is 1.79. The topological polar surface area (TPSA) is 0 Å². The Morgan fingerprint density at radius 1 is 0.381 bits per heavy atom. The van der Waals surface area contributed by atoms with Crippen LogP contribution >= 0.6 is 15.8 Å². The second kappa shape index (κ2) is 23.7. The molecule has 6 heteroatoms. The Morgan fingerprint density at radius 3 is 0.762 bits per heavy atom. The minimum absolute atomic E-state index is 0. The molecule has 0 N–H and O–H groups in total. The van der Waals surface area contributed by atoms with Gasteiger partial charge in [-0.15, -0.1) is 0 Å². The second-order valence-electron chi connectivity index (χ2n) is 9.96. The van der Waals surface area contributed by atoms with Crippen LogP contribution in [0.25, 0.3) is 0 Å². The maximum atomic E-state index is 2.32. The summed E-state index contributed by atoms with van der Waals surface area (Å²) in [6.45, 7) is 0. The Bertz CT molecular complexity index is 984. The molecule has 42 heavy (non-hydrogen) atoms. The zero-order chi connectivity index (χ0) is 24.4. The molecule has 0 spiro atoms. The summed E-state index contributed by atoms with van der Waals surface area (Å²) < 4.78 is 0. The van der Waals surface area contributed by atoms with E-state index in [0.29, 0.717) is 0 Å². The van der Waals surface area contributed by atoms with E-state index in [1.807, 2.05) is 0 Å². The molecule has 0 nitrogen and oxygen atoms in total. The van der Waals surface area contributed by atoms with Crippen LogP contribution in [0.5, 0.6) is 0 Å². The molecule has 0 unspecified atom stereocenters. The molecule has 2 aliphatic rings. The molecule has 4 aromatic rings. The minimum atomic E-state index is -0.152. The van der Waals surface area contributed by atoms with Crippen LogP contribution in [0.2, 0.25) is 0 Å². The largest absolute Gasteiger partial charge is 2.00 e. The molecule has 0 amide bonds. The van der Waals surface area contributed by atoms with Crippen LogP contribution < -0.4 is 46.0 Å². The smallest absolute Gasteiger partial charge is 1.00 e. The molecular formula is C36H46Cl2CoFeP2. The number of rotatable bonds is 6. The molecule has 2 fully saturated rings. The summed E-state index contributed by atoms with van der Waals surface area (Å²) in [7, 11) is -0.304. The Labute approximate surface area is 292 Å². The SMILES string of the molecule is C.C.[Cl-].[Cl-].[Co+2].[Fe].c1ccc(P(c2ccccc2)C2CCCC2)cc1.c1ccc(P(c2ccccc2)C2CCCC2)cc1. The van der Waals surface area contributed by atoms with Gasteiger partial charge < -0.3 is 24.8 Å². The van der Waals surface area contributed by atoms with Gasteiger partial charge in [0.2, 0.25) is 0 Å². The van der Waals surface area contributed by atoms with Gasteiger partial charge in [0.15, 0.2) is 0 Å². The van der Waals surface area contributed by atoms with Crippen molar-refractivity contribution in [2.24, 2.45) is 0 Å². The van der Waals surface area contributed by atoms with E-state index in [1.54, 1.807) is 21.2 Å². The van der Waals surface area contributed by atoms with Crippen LogP contribution in [0.1, 0.15) is 66.2 Å².